The van der Waals surface area contributed by atoms with Crippen molar-refractivity contribution in [2.24, 2.45) is 5.92 Å². The molecule has 1 aromatic rings. The maximum absolute atomic E-state index is 6.29. The van der Waals surface area contributed by atoms with Crippen molar-refractivity contribution in [3.05, 3.63) is 28.8 Å². The van der Waals surface area contributed by atoms with Gasteiger partial charge in [-0.2, -0.15) is 0 Å². The van der Waals surface area contributed by atoms with E-state index >= 15 is 0 Å². The minimum atomic E-state index is 0.343. The van der Waals surface area contributed by atoms with Crippen LogP contribution in [0.4, 0.5) is 0 Å². The Balaban J connectivity index is 1.92. The van der Waals surface area contributed by atoms with Crippen molar-refractivity contribution in [3.63, 3.8) is 0 Å². The van der Waals surface area contributed by atoms with Crippen molar-refractivity contribution in [2.45, 2.75) is 51.7 Å². The van der Waals surface area contributed by atoms with Gasteiger partial charge in [-0.25, -0.2) is 0 Å². The van der Waals surface area contributed by atoms with E-state index in [9.17, 15) is 0 Å². The van der Waals surface area contributed by atoms with Crippen LogP contribution < -0.4 is 10.1 Å². The Morgan fingerprint density at radius 3 is 2.58 bits per heavy atom. The van der Waals surface area contributed by atoms with E-state index in [1.165, 1.54) is 24.8 Å². The standard InChI is InChI=1S/C16H24ClNO/c1-3-12-4-7-14(8-5-12)19-16-9-6-13(11-18-2)10-15(16)17/h6,9-10,12,14,18H,3-5,7-8,11H2,1-2H3. The van der Waals surface area contributed by atoms with Crippen LogP contribution in [0.15, 0.2) is 18.2 Å². The van der Waals surface area contributed by atoms with Gasteiger partial charge in [0.05, 0.1) is 11.1 Å². The number of nitrogens with one attached hydrogen (secondary N) is 1. The lowest BCUT2D eigenvalue weighted by atomic mass is 9.86. The third kappa shape index (κ3) is 4.12. The van der Waals surface area contributed by atoms with Gasteiger partial charge in [-0.15, -0.1) is 0 Å². The van der Waals surface area contributed by atoms with Crippen molar-refractivity contribution in [1.82, 2.24) is 5.32 Å². The van der Waals surface area contributed by atoms with Gasteiger partial charge in [0.2, 0.25) is 0 Å². The van der Waals surface area contributed by atoms with Gasteiger partial charge in [0.25, 0.3) is 0 Å². The summed E-state index contributed by atoms with van der Waals surface area (Å²) in [5.74, 6) is 1.73. The van der Waals surface area contributed by atoms with Crippen LogP contribution in [0.1, 0.15) is 44.6 Å². The molecule has 106 valence electrons. The van der Waals surface area contributed by atoms with Crippen LogP contribution in [-0.2, 0) is 6.54 Å². The lowest BCUT2D eigenvalue weighted by Gasteiger charge is -2.28. The number of rotatable bonds is 5. The molecule has 0 atom stereocenters. The van der Waals surface area contributed by atoms with Gasteiger partial charge in [0.15, 0.2) is 0 Å². The molecule has 1 aliphatic carbocycles. The molecule has 0 radical (unpaired) electrons. The molecule has 0 bridgehead atoms. The van der Waals surface area contributed by atoms with Gasteiger partial charge in [-0.3, -0.25) is 0 Å². The van der Waals surface area contributed by atoms with E-state index in [0.29, 0.717) is 6.10 Å². The van der Waals surface area contributed by atoms with Crippen LogP contribution in [0.3, 0.4) is 0 Å². The van der Waals surface area contributed by atoms with E-state index < -0.39 is 0 Å². The second kappa shape index (κ2) is 7.16. The molecular weight excluding hydrogens is 258 g/mol. The molecule has 1 N–H and O–H groups in total. The molecule has 1 aromatic carbocycles. The average Bonchev–Trinajstić information content (AvgIpc) is 2.43. The highest BCUT2D eigenvalue weighted by Crippen LogP contribution is 2.32. The summed E-state index contributed by atoms with van der Waals surface area (Å²) in [7, 11) is 1.94. The van der Waals surface area contributed by atoms with Gasteiger partial charge in [-0.05, 0) is 56.3 Å². The van der Waals surface area contributed by atoms with Crippen LogP contribution >= 0.6 is 11.6 Å². The normalized spacial score (nSPS) is 23.3. The summed E-state index contributed by atoms with van der Waals surface area (Å²) in [6, 6.07) is 6.07. The molecule has 0 aromatic heterocycles. The first-order chi connectivity index (χ1) is 9.22. The van der Waals surface area contributed by atoms with Gasteiger partial charge in [0.1, 0.15) is 5.75 Å². The van der Waals surface area contributed by atoms with Crippen molar-refractivity contribution in [3.8, 4) is 5.75 Å². The monoisotopic (exact) mass is 281 g/mol. The first kappa shape index (κ1) is 14.7. The topological polar surface area (TPSA) is 21.3 Å². The van der Waals surface area contributed by atoms with Gasteiger partial charge < -0.3 is 10.1 Å². The Morgan fingerprint density at radius 2 is 2.00 bits per heavy atom. The molecule has 0 unspecified atom stereocenters. The minimum absolute atomic E-state index is 0.343. The SMILES string of the molecule is CCC1CCC(Oc2ccc(CNC)cc2Cl)CC1. The summed E-state index contributed by atoms with van der Waals surface area (Å²) < 4.78 is 6.06. The highest BCUT2D eigenvalue weighted by molar-refractivity contribution is 6.32. The highest BCUT2D eigenvalue weighted by atomic mass is 35.5. The molecule has 0 spiro atoms. The Hall–Kier alpha value is -0.730. The summed E-state index contributed by atoms with van der Waals surface area (Å²) in [6.45, 7) is 3.12. The summed E-state index contributed by atoms with van der Waals surface area (Å²) in [5, 5.41) is 3.85. The fraction of sp³-hybridized carbons (Fsp3) is 0.625. The van der Waals surface area contributed by atoms with Crippen molar-refractivity contribution >= 4 is 11.6 Å². The minimum Gasteiger partial charge on any atom is -0.489 e. The van der Waals surface area contributed by atoms with E-state index in [2.05, 4.69) is 18.3 Å². The van der Waals surface area contributed by atoms with Gasteiger partial charge in [-0.1, -0.05) is 31.0 Å². The second-order valence-corrected chi connectivity index (χ2v) is 5.87. The molecule has 1 aliphatic rings. The zero-order chi connectivity index (χ0) is 13.7. The molecule has 3 heteroatoms. The fourth-order valence-corrected chi connectivity index (χ4v) is 3.04. The Bertz CT molecular complexity index is 400. The van der Waals surface area contributed by atoms with Crippen LogP contribution in [0, 0.1) is 5.92 Å². The maximum Gasteiger partial charge on any atom is 0.138 e. The first-order valence-corrected chi connectivity index (χ1v) is 7.70. The number of hydrogen-bond donors (Lipinski definition) is 1. The van der Waals surface area contributed by atoms with Crippen LogP contribution in [-0.4, -0.2) is 13.2 Å². The Morgan fingerprint density at radius 1 is 1.26 bits per heavy atom. The van der Waals surface area contributed by atoms with Crippen molar-refractivity contribution in [1.29, 1.82) is 0 Å². The average molecular weight is 282 g/mol. The zero-order valence-corrected chi connectivity index (χ0v) is 12.7. The highest BCUT2D eigenvalue weighted by Gasteiger charge is 2.21. The van der Waals surface area contributed by atoms with E-state index in [4.69, 9.17) is 16.3 Å². The quantitative estimate of drug-likeness (QED) is 0.863. The molecule has 0 aliphatic heterocycles. The van der Waals surface area contributed by atoms with E-state index in [1.54, 1.807) is 0 Å². The van der Waals surface area contributed by atoms with Crippen LogP contribution in [0.25, 0.3) is 0 Å². The molecule has 0 amide bonds. The zero-order valence-electron chi connectivity index (χ0n) is 11.9. The number of halogens is 1. The van der Waals surface area contributed by atoms with E-state index in [-0.39, 0.29) is 0 Å². The molecule has 2 nitrogen and oxygen atoms in total. The maximum atomic E-state index is 6.29. The number of benzene rings is 1. The molecule has 2 rings (SSSR count). The lowest BCUT2D eigenvalue weighted by molar-refractivity contribution is 0.130. The molecule has 0 saturated heterocycles. The third-order valence-corrected chi connectivity index (χ3v) is 4.34. The van der Waals surface area contributed by atoms with Crippen LogP contribution in [0.2, 0.25) is 5.02 Å². The molecule has 0 heterocycles. The Kier molecular flexibility index (Phi) is 5.53. The molecule has 1 fully saturated rings. The first-order valence-electron chi connectivity index (χ1n) is 7.32. The summed E-state index contributed by atoms with van der Waals surface area (Å²) in [6.07, 6.45) is 6.54. The molecule has 19 heavy (non-hydrogen) atoms. The lowest BCUT2D eigenvalue weighted by Crippen LogP contribution is -2.24. The summed E-state index contributed by atoms with van der Waals surface area (Å²) in [4.78, 5) is 0. The number of ether oxygens (including phenoxy) is 1. The number of hydrogen-bond acceptors (Lipinski definition) is 2. The Labute approximate surface area is 121 Å². The smallest absolute Gasteiger partial charge is 0.138 e. The fourth-order valence-electron chi connectivity index (χ4n) is 2.79. The van der Waals surface area contributed by atoms with Crippen LogP contribution in [0.5, 0.6) is 5.75 Å². The summed E-state index contributed by atoms with van der Waals surface area (Å²) >= 11 is 6.29. The summed E-state index contributed by atoms with van der Waals surface area (Å²) in [5.41, 5.74) is 1.19. The molecular formula is C16H24ClNO. The predicted octanol–water partition coefficient (Wildman–Crippen LogP) is 4.41. The predicted molar refractivity (Wildman–Crippen MR) is 80.9 cm³/mol. The second-order valence-electron chi connectivity index (χ2n) is 5.46. The van der Waals surface area contributed by atoms with Crippen molar-refractivity contribution in [2.75, 3.05) is 7.05 Å². The van der Waals surface area contributed by atoms with E-state index in [0.717, 1.165) is 36.1 Å². The van der Waals surface area contributed by atoms with E-state index in [1.807, 2.05) is 19.2 Å². The largest absolute Gasteiger partial charge is 0.489 e. The van der Waals surface area contributed by atoms with Gasteiger partial charge in [0, 0.05) is 6.54 Å². The molecule has 1 saturated carbocycles. The third-order valence-electron chi connectivity index (χ3n) is 4.04. The van der Waals surface area contributed by atoms with Gasteiger partial charge >= 0.3 is 0 Å². The van der Waals surface area contributed by atoms with Crippen molar-refractivity contribution < 1.29 is 4.74 Å².